The summed E-state index contributed by atoms with van der Waals surface area (Å²) in [6.07, 6.45) is 6.61. The second-order valence-corrected chi connectivity index (χ2v) is 7.78. The van der Waals surface area contributed by atoms with Crippen LogP contribution in [0.3, 0.4) is 0 Å². The van der Waals surface area contributed by atoms with Gasteiger partial charge in [0.05, 0.1) is 11.0 Å². The molecule has 3 N–H and O–H groups in total. The van der Waals surface area contributed by atoms with Gasteiger partial charge in [0.15, 0.2) is 5.95 Å². The SMILES string of the molecule is CCCCCCN1CCC(C)(c2ccc3[nH]c(N)nc3c2)C(C)C1. The van der Waals surface area contributed by atoms with Crippen LogP contribution in [0, 0.1) is 5.92 Å². The summed E-state index contributed by atoms with van der Waals surface area (Å²) in [5.74, 6) is 1.15. The van der Waals surface area contributed by atoms with Gasteiger partial charge in [0, 0.05) is 6.54 Å². The summed E-state index contributed by atoms with van der Waals surface area (Å²) < 4.78 is 0. The number of nitrogen functional groups attached to an aromatic ring is 1. The van der Waals surface area contributed by atoms with Crippen molar-refractivity contribution in [3.8, 4) is 0 Å². The standard InChI is InChI=1S/C20H32N4/c1-4-5-6-7-11-24-12-10-20(3,15(2)14-24)16-8-9-17-18(13-16)23-19(21)22-17/h8-9,13,15H,4-7,10-12,14H2,1-3H3,(H3,21,22,23). The number of unbranched alkanes of at least 4 members (excludes halogenated alkanes) is 3. The molecule has 1 fully saturated rings. The number of hydrogen-bond acceptors (Lipinski definition) is 3. The van der Waals surface area contributed by atoms with Gasteiger partial charge in [-0.2, -0.15) is 0 Å². The van der Waals surface area contributed by atoms with Gasteiger partial charge in [-0.25, -0.2) is 4.98 Å². The quantitative estimate of drug-likeness (QED) is 0.776. The summed E-state index contributed by atoms with van der Waals surface area (Å²) >= 11 is 0. The maximum absolute atomic E-state index is 5.79. The minimum atomic E-state index is 0.224. The van der Waals surface area contributed by atoms with Crippen LogP contribution >= 0.6 is 0 Å². The second kappa shape index (κ2) is 7.14. The van der Waals surface area contributed by atoms with E-state index in [2.05, 4.69) is 53.8 Å². The van der Waals surface area contributed by atoms with Crippen LogP contribution in [0.4, 0.5) is 5.95 Å². The van der Waals surface area contributed by atoms with E-state index in [0.717, 1.165) is 11.0 Å². The molecule has 0 amide bonds. The number of nitrogens with two attached hydrogens (primary N) is 1. The summed E-state index contributed by atoms with van der Waals surface area (Å²) in [5, 5.41) is 0. The molecule has 4 nitrogen and oxygen atoms in total. The molecule has 3 rings (SSSR count). The van der Waals surface area contributed by atoms with Crippen LogP contribution in [-0.4, -0.2) is 34.5 Å². The van der Waals surface area contributed by atoms with Gasteiger partial charge in [-0.15, -0.1) is 0 Å². The fraction of sp³-hybridized carbons (Fsp3) is 0.650. The summed E-state index contributed by atoms with van der Waals surface area (Å²) in [6, 6.07) is 6.62. The highest BCUT2D eigenvalue weighted by Gasteiger charge is 2.37. The van der Waals surface area contributed by atoms with Gasteiger partial charge in [0.25, 0.3) is 0 Å². The van der Waals surface area contributed by atoms with E-state index in [0.29, 0.717) is 11.9 Å². The maximum Gasteiger partial charge on any atom is 0.198 e. The molecule has 24 heavy (non-hydrogen) atoms. The fourth-order valence-electron chi connectivity index (χ4n) is 4.09. The minimum absolute atomic E-state index is 0.224. The number of hydrogen-bond donors (Lipinski definition) is 2. The molecule has 0 radical (unpaired) electrons. The number of rotatable bonds is 6. The number of aromatic nitrogens is 2. The highest BCUT2D eigenvalue weighted by molar-refractivity contribution is 5.78. The number of anilines is 1. The van der Waals surface area contributed by atoms with Gasteiger partial charge < -0.3 is 15.6 Å². The third-order valence-corrected chi connectivity index (χ3v) is 6.06. The Morgan fingerprint density at radius 1 is 1.33 bits per heavy atom. The van der Waals surface area contributed by atoms with E-state index in [4.69, 9.17) is 5.73 Å². The van der Waals surface area contributed by atoms with E-state index < -0.39 is 0 Å². The van der Waals surface area contributed by atoms with Crippen LogP contribution in [0.1, 0.15) is 58.4 Å². The minimum Gasteiger partial charge on any atom is -0.369 e. The van der Waals surface area contributed by atoms with Crippen LogP contribution in [0.5, 0.6) is 0 Å². The van der Waals surface area contributed by atoms with E-state index >= 15 is 0 Å². The van der Waals surface area contributed by atoms with Crippen molar-refractivity contribution in [2.75, 3.05) is 25.4 Å². The average Bonchev–Trinajstić information content (AvgIpc) is 2.94. The first kappa shape index (κ1) is 17.3. The monoisotopic (exact) mass is 328 g/mol. The fourth-order valence-corrected chi connectivity index (χ4v) is 4.09. The van der Waals surface area contributed by atoms with Crippen molar-refractivity contribution in [3.63, 3.8) is 0 Å². The predicted octanol–water partition coefficient (Wildman–Crippen LogP) is 4.32. The molecule has 2 aromatic rings. The van der Waals surface area contributed by atoms with E-state index in [-0.39, 0.29) is 5.41 Å². The summed E-state index contributed by atoms with van der Waals surface area (Å²) in [6.45, 7) is 10.8. The van der Waals surface area contributed by atoms with Crippen LogP contribution in [0.25, 0.3) is 11.0 Å². The molecule has 0 saturated carbocycles. The average molecular weight is 329 g/mol. The molecule has 1 aromatic heterocycles. The zero-order valence-electron chi connectivity index (χ0n) is 15.4. The largest absolute Gasteiger partial charge is 0.369 e. The molecule has 1 aromatic carbocycles. The number of nitrogens with zero attached hydrogens (tertiary/aromatic N) is 2. The van der Waals surface area contributed by atoms with Gasteiger partial charge in [-0.1, -0.05) is 46.1 Å². The molecule has 0 aliphatic carbocycles. The lowest BCUT2D eigenvalue weighted by molar-refractivity contribution is 0.109. The van der Waals surface area contributed by atoms with Crippen LogP contribution in [0.15, 0.2) is 18.2 Å². The van der Waals surface area contributed by atoms with Crippen molar-refractivity contribution in [3.05, 3.63) is 23.8 Å². The second-order valence-electron chi connectivity index (χ2n) is 7.78. The lowest BCUT2D eigenvalue weighted by Gasteiger charge is -2.45. The Labute approximate surface area is 145 Å². The molecule has 2 heterocycles. The highest BCUT2D eigenvalue weighted by Crippen LogP contribution is 2.40. The van der Waals surface area contributed by atoms with Crippen LogP contribution < -0.4 is 5.73 Å². The Balaban J connectivity index is 1.68. The van der Waals surface area contributed by atoms with E-state index in [9.17, 15) is 0 Å². The predicted molar refractivity (Wildman–Crippen MR) is 102 cm³/mol. The normalized spacial score (nSPS) is 25.4. The summed E-state index contributed by atoms with van der Waals surface area (Å²) in [5.41, 5.74) is 9.43. The maximum atomic E-state index is 5.79. The number of fused-ring (bicyclic) bond motifs is 1. The third-order valence-electron chi connectivity index (χ3n) is 6.06. The van der Waals surface area contributed by atoms with E-state index in [1.54, 1.807) is 0 Å². The molecular formula is C20H32N4. The van der Waals surface area contributed by atoms with Gasteiger partial charge in [-0.3, -0.25) is 0 Å². The zero-order chi connectivity index (χ0) is 17.2. The Morgan fingerprint density at radius 2 is 2.17 bits per heavy atom. The van der Waals surface area contributed by atoms with Crippen LogP contribution in [-0.2, 0) is 5.41 Å². The first-order valence-corrected chi connectivity index (χ1v) is 9.51. The van der Waals surface area contributed by atoms with Crippen LogP contribution in [0.2, 0.25) is 0 Å². The molecule has 1 aliphatic rings. The van der Waals surface area contributed by atoms with Crippen molar-refractivity contribution < 1.29 is 0 Å². The number of H-pyrrole nitrogens is 1. The number of benzene rings is 1. The third kappa shape index (κ3) is 3.44. The number of imidazole rings is 1. The van der Waals surface area contributed by atoms with Gasteiger partial charge >= 0.3 is 0 Å². The number of piperidine rings is 1. The Hall–Kier alpha value is -1.55. The smallest absolute Gasteiger partial charge is 0.198 e. The van der Waals surface area contributed by atoms with Crippen molar-refractivity contribution in [1.82, 2.24) is 14.9 Å². The van der Waals surface area contributed by atoms with Gasteiger partial charge in [-0.05, 0) is 55.0 Å². The lowest BCUT2D eigenvalue weighted by Crippen LogP contribution is -2.47. The summed E-state index contributed by atoms with van der Waals surface area (Å²) in [4.78, 5) is 10.2. The Kier molecular flexibility index (Phi) is 5.14. The first-order valence-electron chi connectivity index (χ1n) is 9.51. The lowest BCUT2D eigenvalue weighted by atomic mass is 9.68. The highest BCUT2D eigenvalue weighted by atomic mass is 15.1. The van der Waals surface area contributed by atoms with Gasteiger partial charge in [0.2, 0.25) is 0 Å². The molecular weight excluding hydrogens is 296 g/mol. The molecule has 0 spiro atoms. The molecule has 1 saturated heterocycles. The number of likely N-dealkylation sites (tertiary alicyclic amines) is 1. The molecule has 132 valence electrons. The van der Waals surface area contributed by atoms with Crippen molar-refractivity contribution in [2.45, 2.75) is 58.3 Å². The molecule has 0 bridgehead atoms. The molecule has 2 atom stereocenters. The zero-order valence-corrected chi connectivity index (χ0v) is 15.4. The molecule has 2 unspecified atom stereocenters. The van der Waals surface area contributed by atoms with Gasteiger partial charge in [0.1, 0.15) is 0 Å². The number of aromatic amines is 1. The topological polar surface area (TPSA) is 57.9 Å². The summed E-state index contributed by atoms with van der Waals surface area (Å²) in [7, 11) is 0. The molecule has 4 heteroatoms. The molecule has 1 aliphatic heterocycles. The first-order chi connectivity index (χ1) is 11.5. The van der Waals surface area contributed by atoms with E-state index in [1.165, 1.54) is 57.3 Å². The van der Waals surface area contributed by atoms with Crippen molar-refractivity contribution in [1.29, 1.82) is 0 Å². The van der Waals surface area contributed by atoms with E-state index in [1.807, 2.05) is 0 Å². The Morgan fingerprint density at radius 3 is 2.92 bits per heavy atom. The van der Waals surface area contributed by atoms with Crippen molar-refractivity contribution >= 4 is 17.0 Å². The number of nitrogens with one attached hydrogen (secondary N) is 1. The van der Waals surface area contributed by atoms with Crippen molar-refractivity contribution in [2.24, 2.45) is 5.92 Å². The Bertz CT molecular complexity index is 677.